The number of rotatable bonds is 3. The summed E-state index contributed by atoms with van der Waals surface area (Å²) < 4.78 is 0. The van der Waals surface area contributed by atoms with E-state index in [1.807, 2.05) is 11.9 Å². The first-order valence-corrected chi connectivity index (χ1v) is 6.54. The second kappa shape index (κ2) is 5.11. The Balaban J connectivity index is 1.98. The van der Waals surface area contributed by atoms with Crippen LogP contribution in [0, 0.1) is 19.8 Å². The Morgan fingerprint density at radius 3 is 2.61 bits per heavy atom. The smallest absolute Gasteiger partial charge is 0.225 e. The lowest BCUT2D eigenvalue weighted by atomic mass is 9.80. The molecule has 18 heavy (non-hydrogen) atoms. The zero-order chi connectivity index (χ0) is 13.3. The van der Waals surface area contributed by atoms with Crippen LogP contribution in [0.25, 0.3) is 0 Å². The van der Waals surface area contributed by atoms with Crippen molar-refractivity contribution in [2.24, 2.45) is 11.7 Å². The van der Waals surface area contributed by atoms with Gasteiger partial charge in [-0.3, -0.25) is 4.79 Å². The third-order valence-corrected chi connectivity index (χ3v) is 3.81. The highest BCUT2D eigenvalue weighted by Gasteiger charge is 2.33. The number of carbonyl (C=O) groups is 1. The molecule has 2 rings (SSSR count). The molecule has 98 valence electrons. The highest BCUT2D eigenvalue weighted by Crippen LogP contribution is 2.27. The Morgan fingerprint density at radius 1 is 1.39 bits per heavy atom. The first kappa shape index (κ1) is 13.1. The minimum atomic E-state index is 0.149. The summed E-state index contributed by atoms with van der Waals surface area (Å²) in [7, 11) is 1.88. The fourth-order valence-corrected chi connectivity index (χ4v) is 2.53. The third kappa shape index (κ3) is 2.72. The number of aryl methyl sites for hydroxylation is 2. The summed E-state index contributed by atoms with van der Waals surface area (Å²) in [6.07, 6.45) is 1.69. The molecule has 0 heterocycles. The molecule has 1 aromatic carbocycles. The van der Waals surface area contributed by atoms with E-state index in [0.717, 1.165) is 12.8 Å². The van der Waals surface area contributed by atoms with Crippen molar-refractivity contribution in [3.05, 3.63) is 34.9 Å². The molecule has 0 radical (unpaired) electrons. The van der Waals surface area contributed by atoms with Crippen molar-refractivity contribution in [1.82, 2.24) is 4.90 Å². The molecule has 0 atom stereocenters. The largest absolute Gasteiger partial charge is 0.341 e. The lowest BCUT2D eigenvalue weighted by Crippen LogP contribution is -2.45. The van der Waals surface area contributed by atoms with Crippen LogP contribution in [0.5, 0.6) is 0 Å². The molecule has 1 amide bonds. The summed E-state index contributed by atoms with van der Waals surface area (Å²) >= 11 is 0. The van der Waals surface area contributed by atoms with Gasteiger partial charge < -0.3 is 10.6 Å². The Bertz CT molecular complexity index is 450. The van der Waals surface area contributed by atoms with Crippen molar-refractivity contribution in [1.29, 1.82) is 0 Å². The molecule has 0 spiro atoms. The maximum absolute atomic E-state index is 12.1. The van der Waals surface area contributed by atoms with Gasteiger partial charge in [0.05, 0.1) is 0 Å². The highest BCUT2D eigenvalue weighted by atomic mass is 16.2. The molecule has 3 nitrogen and oxygen atoms in total. The lowest BCUT2D eigenvalue weighted by molar-refractivity contribution is -0.137. The van der Waals surface area contributed by atoms with Crippen molar-refractivity contribution >= 4 is 5.91 Å². The van der Waals surface area contributed by atoms with E-state index in [9.17, 15) is 4.79 Å². The van der Waals surface area contributed by atoms with E-state index in [1.54, 1.807) is 0 Å². The Kier molecular flexibility index (Phi) is 3.71. The predicted octanol–water partition coefficient (Wildman–Crippen LogP) is 2.00. The van der Waals surface area contributed by atoms with Crippen LogP contribution in [0.15, 0.2) is 18.2 Å². The van der Waals surface area contributed by atoms with Crippen LogP contribution >= 0.6 is 0 Å². The molecule has 0 unspecified atom stereocenters. The zero-order valence-corrected chi connectivity index (χ0v) is 11.4. The second-order valence-electron chi connectivity index (χ2n) is 5.55. The number of nitrogens with zero attached hydrogens (tertiary/aromatic N) is 1. The van der Waals surface area contributed by atoms with E-state index >= 15 is 0 Å². The standard InChI is InChI=1S/C15H22N2O/c1-10-4-5-12(11(2)6-10)9-17(3)15(18)13-7-14(16)8-13/h4-6,13-14H,7-9,16H2,1-3H3. The van der Waals surface area contributed by atoms with Gasteiger partial charge in [0.2, 0.25) is 5.91 Å². The van der Waals surface area contributed by atoms with E-state index in [1.165, 1.54) is 16.7 Å². The molecular formula is C15H22N2O. The van der Waals surface area contributed by atoms with Gasteiger partial charge in [-0.15, -0.1) is 0 Å². The van der Waals surface area contributed by atoms with E-state index in [-0.39, 0.29) is 17.9 Å². The van der Waals surface area contributed by atoms with Crippen molar-refractivity contribution in [2.45, 2.75) is 39.3 Å². The van der Waals surface area contributed by atoms with Gasteiger partial charge >= 0.3 is 0 Å². The number of hydrogen-bond acceptors (Lipinski definition) is 2. The van der Waals surface area contributed by atoms with Crippen LogP contribution in [0.1, 0.15) is 29.5 Å². The SMILES string of the molecule is Cc1ccc(CN(C)C(=O)C2CC(N)C2)c(C)c1. The minimum Gasteiger partial charge on any atom is -0.341 e. The van der Waals surface area contributed by atoms with Gasteiger partial charge in [0.25, 0.3) is 0 Å². The molecule has 1 saturated carbocycles. The quantitative estimate of drug-likeness (QED) is 0.886. The molecule has 0 bridgehead atoms. The number of hydrogen-bond donors (Lipinski definition) is 1. The number of nitrogens with two attached hydrogens (primary N) is 1. The van der Waals surface area contributed by atoms with Crippen LogP contribution in [-0.4, -0.2) is 23.9 Å². The van der Waals surface area contributed by atoms with Crippen LogP contribution in [0.3, 0.4) is 0 Å². The molecule has 1 fully saturated rings. The maximum Gasteiger partial charge on any atom is 0.225 e. The van der Waals surface area contributed by atoms with Crippen molar-refractivity contribution in [3.63, 3.8) is 0 Å². The third-order valence-electron chi connectivity index (χ3n) is 3.81. The van der Waals surface area contributed by atoms with E-state index in [4.69, 9.17) is 5.73 Å². The molecule has 1 aromatic rings. The second-order valence-corrected chi connectivity index (χ2v) is 5.55. The average molecular weight is 246 g/mol. The molecule has 1 aliphatic carbocycles. The van der Waals surface area contributed by atoms with Gasteiger partial charge in [-0.2, -0.15) is 0 Å². The summed E-state index contributed by atoms with van der Waals surface area (Å²) in [5.41, 5.74) is 9.46. The van der Waals surface area contributed by atoms with Gasteiger partial charge in [-0.25, -0.2) is 0 Å². The molecule has 3 heteroatoms. The monoisotopic (exact) mass is 246 g/mol. The van der Waals surface area contributed by atoms with Crippen molar-refractivity contribution < 1.29 is 4.79 Å². The normalized spacial score (nSPS) is 22.4. The van der Waals surface area contributed by atoms with Gasteiger partial charge in [-0.1, -0.05) is 23.8 Å². The average Bonchev–Trinajstić information content (AvgIpc) is 2.27. The molecule has 2 N–H and O–H groups in total. The summed E-state index contributed by atoms with van der Waals surface area (Å²) in [4.78, 5) is 14.0. The number of amides is 1. The Morgan fingerprint density at radius 2 is 2.06 bits per heavy atom. The van der Waals surface area contributed by atoms with Crippen LogP contribution in [-0.2, 0) is 11.3 Å². The van der Waals surface area contributed by atoms with E-state index < -0.39 is 0 Å². The molecular weight excluding hydrogens is 224 g/mol. The van der Waals surface area contributed by atoms with Gasteiger partial charge in [0.15, 0.2) is 0 Å². The number of carbonyl (C=O) groups excluding carboxylic acids is 1. The molecule has 0 saturated heterocycles. The first-order chi connectivity index (χ1) is 8.47. The summed E-state index contributed by atoms with van der Waals surface area (Å²) in [5, 5.41) is 0. The first-order valence-electron chi connectivity index (χ1n) is 6.54. The highest BCUT2D eigenvalue weighted by molar-refractivity contribution is 5.79. The maximum atomic E-state index is 12.1. The lowest BCUT2D eigenvalue weighted by Gasteiger charge is -2.34. The molecule has 1 aliphatic rings. The molecule has 0 aliphatic heterocycles. The van der Waals surface area contributed by atoms with E-state index in [0.29, 0.717) is 6.54 Å². The topological polar surface area (TPSA) is 46.3 Å². The van der Waals surface area contributed by atoms with Crippen LogP contribution < -0.4 is 5.73 Å². The van der Waals surface area contributed by atoms with Gasteiger partial charge in [-0.05, 0) is 37.8 Å². The van der Waals surface area contributed by atoms with Crippen molar-refractivity contribution in [3.8, 4) is 0 Å². The fraction of sp³-hybridized carbons (Fsp3) is 0.533. The Labute approximate surface area is 109 Å². The minimum absolute atomic E-state index is 0.149. The summed E-state index contributed by atoms with van der Waals surface area (Å²) in [6, 6.07) is 6.60. The van der Waals surface area contributed by atoms with E-state index in [2.05, 4.69) is 32.0 Å². The van der Waals surface area contributed by atoms with Crippen LogP contribution in [0.4, 0.5) is 0 Å². The zero-order valence-electron chi connectivity index (χ0n) is 11.4. The molecule has 0 aromatic heterocycles. The number of benzene rings is 1. The van der Waals surface area contributed by atoms with Crippen molar-refractivity contribution in [2.75, 3.05) is 7.05 Å². The fourth-order valence-electron chi connectivity index (χ4n) is 2.53. The van der Waals surface area contributed by atoms with Gasteiger partial charge in [0.1, 0.15) is 0 Å². The van der Waals surface area contributed by atoms with Gasteiger partial charge in [0, 0.05) is 25.6 Å². The summed E-state index contributed by atoms with van der Waals surface area (Å²) in [5.74, 6) is 0.382. The Hall–Kier alpha value is -1.35. The predicted molar refractivity (Wildman–Crippen MR) is 73.1 cm³/mol. The van der Waals surface area contributed by atoms with Crippen LogP contribution in [0.2, 0.25) is 0 Å². The summed E-state index contributed by atoms with van der Waals surface area (Å²) in [6.45, 7) is 4.87.